The average molecular weight is 786 g/mol. The molecule has 2 rings (SSSR count). The smallest absolute Gasteiger partial charge is 0.407 e. The van der Waals surface area contributed by atoms with Crippen LogP contribution in [0.2, 0.25) is 0 Å². The lowest BCUT2D eigenvalue weighted by Crippen LogP contribution is -2.31. The first-order valence-corrected chi connectivity index (χ1v) is 20.8. The summed E-state index contributed by atoms with van der Waals surface area (Å²) in [5.41, 5.74) is 0.582. The lowest BCUT2D eigenvalue weighted by molar-refractivity contribution is -0.143. The molecule has 0 saturated carbocycles. The van der Waals surface area contributed by atoms with Gasteiger partial charge in [0.1, 0.15) is 11.6 Å². The van der Waals surface area contributed by atoms with E-state index in [9.17, 15) is 28.8 Å². The molecule has 1 unspecified atom stereocenters. The molecule has 0 aliphatic carbocycles. The molecular formula is C41H67N7O8. The van der Waals surface area contributed by atoms with Gasteiger partial charge in [0.2, 0.25) is 5.95 Å². The van der Waals surface area contributed by atoms with Crippen molar-refractivity contribution in [2.75, 3.05) is 31.6 Å². The molecule has 56 heavy (non-hydrogen) atoms. The van der Waals surface area contributed by atoms with Crippen LogP contribution in [0.25, 0.3) is 0 Å². The number of carbonyl (C=O) groups is 4. The van der Waals surface area contributed by atoms with Gasteiger partial charge in [-0.15, -0.1) is 0 Å². The van der Waals surface area contributed by atoms with Crippen molar-refractivity contribution in [2.45, 2.75) is 156 Å². The first-order valence-electron chi connectivity index (χ1n) is 20.8. The number of unbranched alkanes of at least 4 members (excludes halogenated alkanes) is 11. The zero-order chi connectivity index (χ0) is 40.8. The molecule has 15 heteroatoms. The lowest BCUT2D eigenvalue weighted by atomic mass is 9.93. The van der Waals surface area contributed by atoms with Crippen molar-refractivity contribution in [2.24, 2.45) is 5.92 Å². The minimum absolute atomic E-state index is 0.0741. The van der Waals surface area contributed by atoms with Gasteiger partial charge in [-0.3, -0.25) is 29.5 Å². The van der Waals surface area contributed by atoms with Gasteiger partial charge < -0.3 is 25.1 Å². The molecule has 5 N–H and O–H groups in total. The Morgan fingerprint density at radius 2 is 1.21 bits per heavy atom. The van der Waals surface area contributed by atoms with Gasteiger partial charge in [0.25, 0.3) is 11.1 Å². The Balaban J connectivity index is 1.32. The molecule has 0 aliphatic heterocycles. The molecule has 3 amide bonds. The fraction of sp³-hybridized carbons (Fsp3) is 0.707. The molecule has 0 saturated heterocycles. The number of aromatic amines is 2. The van der Waals surface area contributed by atoms with Crippen LogP contribution < -0.4 is 27.1 Å². The standard InChI is InChI=1S/C41H67N7O8/c1-4-33(21-15-19-27-56-41(54)43-25-17-10-5-7-13-22-34(49)30-35-44-31(2)28-36(50)46-35)20-12-11-18-26-55-38(52)23-14-8-6-9-16-24-42-40(53)48-39-45-32(3)29-37(51)47-39/h28-29,33H,4-27,30H2,1-3H3,(H,43,54)(H,44,46,50)(H3,42,45,47,48,51,53). The topological polar surface area (TPSA) is 214 Å². The van der Waals surface area contributed by atoms with Crippen molar-refractivity contribution in [1.82, 2.24) is 30.6 Å². The number of ketones is 1. The van der Waals surface area contributed by atoms with Gasteiger partial charge in [-0.05, 0) is 64.7 Å². The van der Waals surface area contributed by atoms with Crippen LogP contribution in [0.4, 0.5) is 15.5 Å². The summed E-state index contributed by atoms with van der Waals surface area (Å²) in [6.07, 6.45) is 18.0. The van der Waals surface area contributed by atoms with E-state index in [0.717, 1.165) is 116 Å². The number of anilines is 1. The van der Waals surface area contributed by atoms with Gasteiger partial charge in [-0.2, -0.15) is 0 Å². The maximum Gasteiger partial charge on any atom is 0.407 e. The van der Waals surface area contributed by atoms with Gasteiger partial charge in [-0.25, -0.2) is 19.6 Å². The third-order valence-corrected chi connectivity index (χ3v) is 9.47. The van der Waals surface area contributed by atoms with E-state index < -0.39 is 6.03 Å². The number of urea groups is 1. The quantitative estimate of drug-likeness (QED) is 0.0386. The highest BCUT2D eigenvalue weighted by molar-refractivity contribution is 5.87. The van der Waals surface area contributed by atoms with E-state index in [1.165, 1.54) is 12.1 Å². The van der Waals surface area contributed by atoms with Crippen LogP contribution in [0.3, 0.4) is 0 Å². The minimum Gasteiger partial charge on any atom is -0.466 e. The molecular weight excluding hydrogens is 718 g/mol. The van der Waals surface area contributed by atoms with Crippen LogP contribution in [-0.2, 0) is 25.5 Å². The monoisotopic (exact) mass is 786 g/mol. The maximum atomic E-state index is 12.2. The molecule has 0 bridgehead atoms. The van der Waals surface area contributed by atoms with Crippen molar-refractivity contribution < 1.29 is 28.7 Å². The Morgan fingerprint density at radius 3 is 1.89 bits per heavy atom. The molecule has 2 aromatic heterocycles. The van der Waals surface area contributed by atoms with E-state index >= 15 is 0 Å². The predicted molar refractivity (Wildman–Crippen MR) is 217 cm³/mol. The lowest BCUT2D eigenvalue weighted by Gasteiger charge is -2.14. The van der Waals surface area contributed by atoms with Crippen LogP contribution in [0, 0.1) is 19.8 Å². The molecule has 314 valence electrons. The number of aromatic nitrogens is 4. The number of esters is 1. The van der Waals surface area contributed by atoms with Crippen molar-refractivity contribution in [1.29, 1.82) is 0 Å². The third-order valence-electron chi connectivity index (χ3n) is 9.47. The first kappa shape index (κ1) is 47.6. The summed E-state index contributed by atoms with van der Waals surface area (Å²) in [5.74, 6) is 1.13. The van der Waals surface area contributed by atoms with Crippen molar-refractivity contribution in [3.63, 3.8) is 0 Å². The zero-order valence-electron chi connectivity index (χ0n) is 34.1. The molecule has 0 aliphatic rings. The number of ether oxygens (including phenoxy) is 2. The molecule has 0 aromatic carbocycles. The normalized spacial score (nSPS) is 11.5. The van der Waals surface area contributed by atoms with E-state index in [0.29, 0.717) is 62.3 Å². The van der Waals surface area contributed by atoms with Gasteiger partial charge in [0.15, 0.2) is 0 Å². The average Bonchev–Trinajstić information content (AvgIpc) is 3.13. The highest BCUT2D eigenvalue weighted by Gasteiger charge is 2.10. The van der Waals surface area contributed by atoms with E-state index in [1.807, 2.05) is 0 Å². The molecule has 0 fully saturated rings. The summed E-state index contributed by atoms with van der Waals surface area (Å²) < 4.78 is 10.7. The van der Waals surface area contributed by atoms with Gasteiger partial charge in [0.05, 0.1) is 19.6 Å². The summed E-state index contributed by atoms with van der Waals surface area (Å²) in [4.78, 5) is 84.5. The Kier molecular flexibility index (Phi) is 25.2. The second-order valence-electron chi connectivity index (χ2n) is 14.6. The number of carbonyl (C=O) groups excluding carboxylic acids is 4. The number of Topliss-reactive ketones (excluding diaryl/α,β-unsaturated/α-hetero) is 1. The number of amides is 3. The van der Waals surface area contributed by atoms with Crippen LogP contribution in [0.1, 0.15) is 153 Å². The maximum absolute atomic E-state index is 12.2. The molecule has 0 spiro atoms. The highest BCUT2D eigenvalue weighted by atomic mass is 16.5. The fourth-order valence-electron chi connectivity index (χ4n) is 6.36. The minimum atomic E-state index is -0.413. The number of H-pyrrole nitrogens is 2. The summed E-state index contributed by atoms with van der Waals surface area (Å²) in [5, 5.41) is 8.09. The van der Waals surface area contributed by atoms with Crippen LogP contribution >= 0.6 is 0 Å². The van der Waals surface area contributed by atoms with E-state index in [1.54, 1.807) is 13.8 Å². The fourth-order valence-corrected chi connectivity index (χ4v) is 6.36. The largest absolute Gasteiger partial charge is 0.466 e. The number of nitrogens with zero attached hydrogens (tertiary/aromatic N) is 2. The highest BCUT2D eigenvalue weighted by Crippen LogP contribution is 2.20. The van der Waals surface area contributed by atoms with Crippen molar-refractivity contribution in [3.05, 3.63) is 50.1 Å². The Morgan fingerprint density at radius 1 is 0.661 bits per heavy atom. The molecule has 0 radical (unpaired) electrons. The number of aryl methyl sites for hydroxylation is 2. The summed E-state index contributed by atoms with van der Waals surface area (Å²) in [6.45, 7) is 7.61. The predicted octanol–water partition coefficient (Wildman–Crippen LogP) is 7.11. The number of rotatable bonds is 31. The molecule has 15 nitrogen and oxygen atoms in total. The Labute approximate surface area is 331 Å². The summed E-state index contributed by atoms with van der Waals surface area (Å²) in [6, 6.07) is 2.35. The number of hydrogen-bond acceptors (Lipinski definition) is 10. The second-order valence-corrected chi connectivity index (χ2v) is 14.6. The van der Waals surface area contributed by atoms with Gasteiger partial charge in [-0.1, -0.05) is 77.6 Å². The zero-order valence-corrected chi connectivity index (χ0v) is 34.1. The number of alkyl carbamates (subject to hydrolysis) is 1. The van der Waals surface area contributed by atoms with Crippen molar-refractivity contribution >= 4 is 29.8 Å². The van der Waals surface area contributed by atoms with Crippen LogP contribution in [0.5, 0.6) is 0 Å². The summed E-state index contributed by atoms with van der Waals surface area (Å²) >= 11 is 0. The summed E-state index contributed by atoms with van der Waals surface area (Å²) in [7, 11) is 0. The molecule has 2 heterocycles. The SMILES string of the molecule is CCC(CCCCCOC(=O)CCCCCCCNC(=O)Nc1nc(C)cc(=O)[nH]1)CCCCOC(=O)NCCCCCCCC(=O)Cc1nc(C)cc(=O)[nH]1. The molecule has 1 atom stereocenters. The van der Waals surface area contributed by atoms with E-state index in [4.69, 9.17) is 9.47 Å². The number of hydrogen-bond donors (Lipinski definition) is 5. The Bertz CT molecular complexity index is 1560. The van der Waals surface area contributed by atoms with Crippen LogP contribution in [0.15, 0.2) is 21.7 Å². The second kappa shape index (κ2) is 29.7. The van der Waals surface area contributed by atoms with E-state index in [-0.39, 0.29) is 41.3 Å². The van der Waals surface area contributed by atoms with Gasteiger partial charge >= 0.3 is 18.1 Å². The molecule has 2 aromatic rings. The van der Waals surface area contributed by atoms with Crippen LogP contribution in [-0.4, -0.2) is 70.1 Å². The Hall–Kier alpha value is -4.56. The van der Waals surface area contributed by atoms with E-state index in [2.05, 4.69) is 42.8 Å². The van der Waals surface area contributed by atoms with Gasteiger partial charge in [0, 0.05) is 49.5 Å². The number of nitrogens with one attached hydrogen (secondary N) is 5. The van der Waals surface area contributed by atoms with Crippen molar-refractivity contribution in [3.8, 4) is 0 Å². The first-order chi connectivity index (χ1) is 27.0. The third kappa shape index (κ3) is 24.8.